The summed E-state index contributed by atoms with van der Waals surface area (Å²) in [6.07, 6.45) is 5.27. The zero-order valence-electron chi connectivity index (χ0n) is 25.9. The van der Waals surface area contributed by atoms with E-state index in [1.165, 1.54) is 19.3 Å². The third kappa shape index (κ3) is 6.00. The summed E-state index contributed by atoms with van der Waals surface area (Å²) in [4.78, 5) is 4.53. The average Bonchev–Trinajstić information content (AvgIpc) is 3.63. The van der Waals surface area contributed by atoms with Gasteiger partial charge in [0.2, 0.25) is 0 Å². The predicted octanol–water partition coefficient (Wildman–Crippen LogP) is -0.699. The molecular formula is C30H55N9O3. The van der Waals surface area contributed by atoms with Gasteiger partial charge in [-0.15, -0.1) is 0 Å². The second-order valence-corrected chi connectivity index (χ2v) is 14.8. The lowest BCUT2D eigenvalue weighted by Gasteiger charge is -2.46. The van der Waals surface area contributed by atoms with Crippen molar-refractivity contribution in [3.8, 4) is 6.07 Å². The van der Waals surface area contributed by atoms with E-state index in [2.05, 4.69) is 70.1 Å². The number of nitrogens with zero attached hydrogens (tertiary/aromatic N) is 3. The molecule has 0 bridgehead atoms. The Kier molecular flexibility index (Phi) is 9.20. The second-order valence-electron chi connectivity index (χ2n) is 14.8. The van der Waals surface area contributed by atoms with Gasteiger partial charge in [-0.05, 0) is 84.5 Å². The van der Waals surface area contributed by atoms with Crippen molar-refractivity contribution in [2.75, 3.05) is 19.9 Å². The van der Waals surface area contributed by atoms with Gasteiger partial charge in [0, 0.05) is 37.4 Å². The molecule has 0 aromatic rings. The standard InChI is InChI=1S/C30H55N9O3/c1-16(2)38(12-22-25(40)26(41)29(42-22)39-15-35-24-27(32)33-14-34-28(24)39)19-9-17(10-19)5-8-23-36-20-7-6-18(11-21(20)37-23)30(3,4)13-31/h16-29,33-37,40-41H,5-12,14-15,32H2,1-4H3/t17?,18?,19?,20?,21?,22-,23?,24?,25-,26-,27?,28?,29-/m1/s1. The Morgan fingerprint density at radius 3 is 2.55 bits per heavy atom. The van der Waals surface area contributed by atoms with E-state index in [1.54, 1.807) is 0 Å². The van der Waals surface area contributed by atoms with Gasteiger partial charge in [-0.25, -0.2) is 4.90 Å². The van der Waals surface area contributed by atoms with Crippen molar-refractivity contribution in [2.45, 2.75) is 146 Å². The minimum atomic E-state index is -0.969. The second kappa shape index (κ2) is 12.4. The first-order chi connectivity index (χ1) is 20.1. The zero-order valence-corrected chi connectivity index (χ0v) is 25.9. The number of nitrogens with one attached hydrogen (secondary N) is 5. The van der Waals surface area contributed by atoms with Gasteiger partial charge in [0.1, 0.15) is 24.5 Å². The Balaban J connectivity index is 0.962. The van der Waals surface area contributed by atoms with Gasteiger partial charge < -0.3 is 20.7 Å². The summed E-state index contributed by atoms with van der Waals surface area (Å²) in [5.74, 6) is 1.18. The lowest BCUT2D eigenvalue weighted by Crippen LogP contribution is -2.68. The molecule has 6 rings (SSSR count). The van der Waals surface area contributed by atoms with Crippen LogP contribution in [-0.4, -0.2) is 113 Å². The molecule has 12 heteroatoms. The van der Waals surface area contributed by atoms with Crippen molar-refractivity contribution in [3.05, 3.63) is 0 Å². The summed E-state index contributed by atoms with van der Waals surface area (Å²) in [7, 11) is 0. The van der Waals surface area contributed by atoms with E-state index in [0.717, 1.165) is 25.7 Å². The SMILES string of the molecule is CC(C)N(C[C@H]1O[C@@H](N2CNC3C(N)NCNC32)[C@H](O)[C@@H]1O)C1CC(CCC2NC3CCC(C(C)(C)C#N)CC3N2)C1. The van der Waals surface area contributed by atoms with Crippen molar-refractivity contribution in [2.24, 2.45) is 23.0 Å². The fourth-order valence-corrected chi connectivity index (χ4v) is 8.64. The minimum Gasteiger partial charge on any atom is -0.387 e. The van der Waals surface area contributed by atoms with E-state index in [1.807, 2.05) is 0 Å². The van der Waals surface area contributed by atoms with E-state index >= 15 is 0 Å². The molecule has 2 aliphatic carbocycles. The smallest absolute Gasteiger partial charge is 0.142 e. The molecule has 7 unspecified atom stereocenters. The summed E-state index contributed by atoms with van der Waals surface area (Å²) in [6.45, 7) is 10.4. The monoisotopic (exact) mass is 589 g/mol. The molecule has 9 N–H and O–H groups in total. The Morgan fingerprint density at radius 2 is 1.81 bits per heavy atom. The molecule has 0 amide bonds. The summed E-state index contributed by atoms with van der Waals surface area (Å²) >= 11 is 0. The van der Waals surface area contributed by atoms with E-state index in [4.69, 9.17) is 10.5 Å². The maximum atomic E-state index is 11.0. The van der Waals surface area contributed by atoms with Crippen LogP contribution in [0, 0.1) is 28.6 Å². The Labute approximate surface area is 251 Å². The highest BCUT2D eigenvalue weighted by molar-refractivity contribution is 5.06. The number of nitriles is 1. The average molecular weight is 590 g/mol. The van der Waals surface area contributed by atoms with Gasteiger partial charge >= 0.3 is 0 Å². The Bertz CT molecular complexity index is 974. The first-order valence-corrected chi connectivity index (χ1v) is 16.5. The number of ether oxygens (including phenoxy) is 1. The first-order valence-electron chi connectivity index (χ1n) is 16.5. The molecule has 238 valence electrons. The van der Waals surface area contributed by atoms with Gasteiger partial charge in [-0.3, -0.25) is 31.5 Å². The van der Waals surface area contributed by atoms with Crippen LogP contribution in [0.25, 0.3) is 0 Å². The van der Waals surface area contributed by atoms with Gasteiger partial charge in [0.05, 0.1) is 42.7 Å². The quantitative estimate of drug-likeness (QED) is 0.171. The van der Waals surface area contributed by atoms with Gasteiger partial charge in [0.15, 0.2) is 0 Å². The molecule has 12 nitrogen and oxygen atoms in total. The largest absolute Gasteiger partial charge is 0.387 e. The van der Waals surface area contributed by atoms with Crippen molar-refractivity contribution < 1.29 is 14.9 Å². The fourth-order valence-electron chi connectivity index (χ4n) is 8.64. The Morgan fingerprint density at radius 1 is 1.05 bits per heavy atom. The van der Waals surface area contributed by atoms with Crippen molar-refractivity contribution in [1.82, 2.24) is 36.4 Å². The zero-order chi connectivity index (χ0) is 29.8. The highest BCUT2D eigenvalue weighted by Crippen LogP contribution is 2.41. The molecule has 0 radical (unpaired) electrons. The van der Waals surface area contributed by atoms with E-state index in [0.29, 0.717) is 62.1 Å². The predicted molar refractivity (Wildman–Crippen MR) is 159 cm³/mol. The summed E-state index contributed by atoms with van der Waals surface area (Å²) < 4.78 is 6.39. The number of hydrogen-bond acceptors (Lipinski definition) is 12. The maximum absolute atomic E-state index is 11.0. The van der Waals surface area contributed by atoms with Crippen LogP contribution in [0.4, 0.5) is 0 Å². The lowest BCUT2D eigenvalue weighted by atomic mass is 9.69. The first kappa shape index (κ1) is 31.0. The van der Waals surface area contributed by atoms with Gasteiger partial charge in [-0.2, -0.15) is 5.26 Å². The highest BCUT2D eigenvalue weighted by atomic mass is 16.6. The molecule has 4 saturated heterocycles. The van der Waals surface area contributed by atoms with Crippen LogP contribution in [0.3, 0.4) is 0 Å². The molecule has 4 heterocycles. The van der Waals surface area contributed by atoms with Crippen LogP contribution < -0.4 is 32.3 Å². The number of aliphatic hydroxyl groups excluding tert-OH is 2. The Hall–Kier alpha value is -0.950. The molecule has 11 atom stereocenters. The molecule has 0 aromatic heterocycles. The van der Waals surface area contributed by atoms with Crippen LogP contribution in [0.2, 0.25) is 0 Å². The topological polar surface area (TPSA) is 166 Å². The normalized spacial score (nSPS) is 46.0. The number of fused-ring (bicyclic) bond motifs is 2. The van der Waals surface area contributed by atoms with Crippen LogP contribution in [0.1, 0.15) is 72.6 Å². The molecule has 42 heavy (non-hydrogen) atoms. The third-order valence-electron chi connectivity index (χ3n) is 11.5. The molecule has 0 aromatic carbocycles. The molecule has 0 spiro atoms. The molecule has 4 aliphatic heterocycles. The summed E-state index contributed by atoms with van der Waals surface area (Å²) in [5, 5.41) is 49.4. The summed E-state index contributed by atoms with van der Waals surface area (Å²) in [5.41, 5.74) is 5.98. The van der Waals surface area contributed by atoms with Crippen LogP contribution >= 0.6 is 0 Å². The van der Waals surface area contributed by atoms with E-state index < -0.39 is 24.5 Å². The van der Waals surface area contributed by atoms with Gasteiger partial charge in [-0.1, -0.05) is 0 Å². The number of nitrogens with two attached hydrogens (primary N) is 1. The van der Waals surface area contributed by atoms with Crippen molar-refractivity contribution in [1.29, 1.82) is 5.26 Å². The van der Waals surface area contributed by atoms with Crippen molar-refractivity contribution >= 4 is 0 Å². The van der Waals surface area contributed by atoms with Gasteiger partial charge in [0.25, 0.3) is 0 Å². The number of hydrogen-bond donors (Lipinski definition) is 8. The maximum Gasteiger partial charge on any atom is 0.142 e. The lowest BCUT2D eigenvalue weighted by molar-refractivity contribution is -0.112. The molecule has 6 aliphatic rings. The number of rotatable bonds is 9. The highest BCUT2D eigenvalue weighted by Gasteiger charge is 2.52. The molecular weight excluding hydrogens is 534 g/mol. The van der Waals surface area contributed by atoms with Crippen LogP contribution in [-0.2, 0) is 4.74 Å². The number of aliphatic hydroxyl groups is 2. The third-order valence-corrected chi connectivity index (χ3v) is 11.5. The van der Waals surface area contributed by atoms with Crippen molar-refractivity contribution in [3.63, 3.8) is 0 Å². The fraction of sp³-hybridized carbons (Fsp3) is 0.967. The molecule has 6 fully saturated rings. The van der Waals surface area contributed by atoms with E-state index in [9.17, 15) is 15.5 Å². The minimum absolute atomic E-state index is 0.0103. The summed E-state index contributed by atoms with van der Waals surface area (Å²) in [6, 6.07) is 4.36. The van der Waals surface area contributed by atoms with Crippen LogP contribution in [0.15, 0.2) is 0 Å². The molecule has 2 saturated carbocycles. The van der Waals surface area contributed by atoms with Crippen LogP contribution in [0.5, 0.6) is 0 Å². The van der Waals surface area contributed by atoms with E-state index in [-0.39, 0.29) is 23.8 Å².